The average Bonchev–Trinajstić information content (AvgIpc) is 2.46. The van der Waals surface area contributed by atoms with E-state index < -0.39 is 15.2 Å². The Labute approximate surface area is 122 Å². The normalized spacial score (nSPS) is 20.9. The zero-order valence-electron chi connectivity index (χ0n) is 11.1. The maximum atomic E-state index is 11.9. The number of hydrogen-bond acceptors (Lipinski definition) is 6. The van der Waals surface area contributed by atoms with Crippen molar-refractivity contribution in [2.24, 2.45) is 10.9 Å². The average molecular weight is 315 g/mol. The van der Waals surface area contributed by atoms with Crippen molar-refractivity contribution in [3.05, 3.63) is 29.8 Å². The molecular formula is C12H17N3O3S2. The number of nitrogens with zero attached hydrogens (tertiary/aromatic N) is 2. The highest BCUT2D eigenvalue weighted by Crippen LogP contribution is 2.26. The van der Waals surface area contributed by atoms with Crippen LogP contribution in [0.4, 0.5) is 5.69 Å². The fourth-order valence-corrected chi connectivity index (χ4v) is 4.95. The summed E-state index contributed by atoms with van der Waals surface area (Å²) in [7, 11) is -3.14. The van der Waals surface area contributed by atoms with E-state index in [1.165, 1.54) is 6.26 Å². The van der Waals surface area contributed by atoms with Crippen LogP contribution in [-0.2, 0) is 9.84 Å². The summed E-state index contributed by atoms with van der Waals surface area (Å²) in [6, 6.07) is 7.01. The lowest BCUT2D eigenvalue weighted by Crippen LogP contribution is -2.47. The van der Waals surface area contributed by atoms with Crippen LogP contribution in [0.5, 0.6) is 0 Å². The van der Waals surface area contributed by atoms with E-state index >= 15 is 0 Å². The van der Waals surface area contributed by atoms with Crippen LogP contribution in [0.25, 0.3) is 0 Å². The van der Waals surface area contributed by atoms with E-state index in [-0.39, 0.29) is 5.84 Å². The van der Waals surface area contributed by atoms with E-state index in [0.29, 0.717) is 17.9 Å². The summed E-state index contributed by atoms with van der Waals surface area (Å²) in [5, 5.41) is 11.1. The number of hydrogen-bond donors (Lipinski definition) is 2. The zero-order valence-corrected chi connectivity index (χ0v) is 12.7. The number of oxime groups is 1. The van der Waals surface area contributed by atoms with Gasteiger partial charge in [-0.3, -0.25) is 0 Å². The monoisotopic (exact) mass is 315 g/mol. The maximum Gasteiger partial charge on any atom is 0.170 e. The quantitative estimate of drug-likeness (QED) is 0.369. The number of sulfone groups is 1. The summed E-state index contributed by atoms with van der Waals surface area (Å²) in [5.74, 6) is 1.50. The summed E-state index contributed by atoms with van der Waals surface area (Å²) < 4.78 is 23.7. The zero-order chi connectivity index (χ0) is 14.8. The van der Waals surface area contributed by atoms with Crippen molar-refractivity contribution >= 4 is 33.1 Å². The maximum absolute atomic E-state index is 11.9. The standard InChI is InChI=1S/C12H17N3O3S2/c1-20(17,18)11-8-19-7-6-15(11)10-4-2-9(3-5-10)12(13)14-16/h2-5,11,16H,6-8H2,1H3,(H2,13,14). The highest BCUT2D eigenvalue weighted by molar-refractivity contribution is 8.01. The summed E-state index contributed by atoms with van der Waals surface area (Å²) in [5.41, 5.74) is 6.93. The molecule has 0 bridgehead atoms. The molecule has 0 radical (unpaired) electrons. The second kappa shape index (κ2) is 5.92. The van der Waals surface area contributed by atoms with Crippen LogP contribution in [0.3, 0.4) is 0 Å². The molecule has 0 amide bonds. The Hall–Kier alpha value is -1.41. The van der Waals surface area contributed by atoms with Crippen LogP contribution in [-0.4, -0.2) is 49.1 Å². The van der Waals surface area contributed by atoms with Gasteiger partial charge in [0.1, 0.15) is 5.37 Å². The third-order valence-corrected chi connectivity index (χ3v) is 5.82. The van der Waals surface area contributed by atoms with Crippen molar-refractivity contribution in [3.8, 4) is 0 Å². The molecule has 1 aliphatic rings. The molecule has 1 aromatic rings. The van der Waals surface area contributed by atoms with Crippen LogP contribution in [0.2, 0.25) is 0 Å². The molecule has 8 heteroatoms. The predicted molar refractivity (Wildman–Crippen MR) is 82.3 cm³/mol. The first-order valence-electron chi connectivity index (χ1n) is 6.04. The molecule has 20 heavy (non-hydrogen) atoms. The van der Waals surface area contributed by atoms with Crippen LogP contribution in [0.15, 0.2) is 29.4 Å². The molecule has 0 saturated carbocycles. The highest BCUT2D eigenvalue weighted by atomic mass is 32.2. The molecule has 1 fully saturated rings. The summed E-state index contributed by atoms with van der Waals surface area (Å²) >= 11 is 1.65. The third kappa shape index (κ3) is 3.18. The van der Waals surface area contributed by atoms with Gasteiger partial charge in [0.05, 0.1) is 0 Å². The van der Waals surface area contributed by atoms with Gasteiger partial charge in [-0.15, -0.1) is 0 Å². The Balaban J connectivity index is 2.29. The number of benzene rings is 1. The first kappa shape index (κ1) is 15.0. The van der Waals surface area contributed by atoms with Gasteiger partial charge in [0.15, 0.2) is 15.7 Å². The number of amidine groups is 1. The second-order valence-electron chi connectivity index (χ2n) is 4.58. The molecule has 0 aliphatic carbocycles. The van der Waals surface area contributed by atoms with Gasteiger partial charge in [-0.1, -0.05) is 5.16 Å². The van der Waals surface area contributed by atoms with E-state index in [1.807, 2.05) is 4.90 Å². The van der Waals surface area contributed by atoms with Crippen molar-refractivity contribution in [1.29, 1.82) is 0 Å². The van der Waals surface area contributed by atoms with Gasteiger partial charge in [-0.05, 0) is 24.3 Å². The first-order chi connectivity index (χ1) is 9.43. The predicted octanol–water partition coefficient (Wildman–Crippen LogP) is 0.705. The molecule has 1 aliphatic heterocycles. The molecule has 110 valence electrons. The number of nitrogens with two attached hydrogens (primary N) is 1. The second-order valence-corrected chi connectivity index (χ2v) is 7.94. The van der Waals surface area contributed by atoms with Gasteiger partial charge in [0.25, 0.3) is 0 Å². The third-order valence-electron chi connectivity index (χ3n) is 3.18. The summed E-state index contributed by atoms with van der Waals surface area (Å²) in [6.07, 6.45) is 1.27. The SMILES string of the molecule is CS(=O)(=O)C1CSCCN1c1ccc(C(N)=NO)cc1. The summed E-state index contributed by atoms with van der Waals surface area (Å²) in [6.45, 7) is 0.686. The van der Waals surface area contributed by atoms with Gasteiger partial charge in [-0.25, -0.2) is 8.42 Å². The molecule has 1 heterocycles. The summed E-state index contributed by atoms with van der Waals surface area (Å²) in [4.78, 5) is 1.89. The Kier molecular flexibility index (Phi) is 4.44. The fourth-order valence-electron chi connectivity index (χ4n) is 2.11. The molecule has 1 saturated heterocycles. The lowest BCUT2D eigenvalue weighted by atomic mass is 10.2. The van der Waals surface area contributed by atoms with E-state index in [2.05, 4.69) is 5.16 Å². The van der Waals surface area contributed by atoms with Crippen LogP contribution in [0.1, 0.15) is 5.56 Å². The molecule has 0 spiro atoms. The van der Waals surface area contributed by atoms with E-state index in [9.17, 15) is 8.42 Å². The molecular weight excluding hydrogens is 298 g/mol. The van der Waals surface area contributed by atoms with Crippen molar-refractivity contribution in [2.75, 3.05) is 29.2 Å². The highest BCUT2D eigenvalue weighted by Gasteiger charge is 2.31. The van der Waals surface area contributed by atoms with Crippen molar-refractivity contribution < 1.29 is 13.6 Å². The minimum absolute atomic E-state index is 0.0328. The van der Waals surface area contributed by atoms with Crippen LogP contribution < -0.4 is 10.6 Å². The van der Waals surface area contributed by atoms with Crippen molar-refractivity contribution in [3.63, 3.8) is 0 Å². The molecule has 2 rings (SSSR count). The Morgan fingerprint density at radius 3 is 2.65 bits per heavy atom. The van der Waals surface area contributed by atoms with E-state index in [4.69, 9.17) is 10.9 Å². The fraction of sp³-hybridized carbons (Fsp3) is 0.417. The number of rotatable bonds is 3. The Bertz CT molecular complexity index is 599. The lowest BCUT2D eigenvalue weighted by molar-refractivity contribution is 0.318. The van der Waals surface area contributed by atoms with Gasteiger partial charge < -0.3 is 15.8 Å². The molecule has 3 N–H and O–H groups in total. The molecule has 6 nitrogen and oxygen atoms in total. The van der Waals surface area contributed by atoms with Crippen LogP contribution >= 0.6 is 11.8 Å². The molecule has 1 aromatic carbocycles. The Morgan fingerprint density at radius 2 is 2.10 bits per heavy atom. The van der Waals surface area contributed by atoms with Gasteiger partial charge in [-0.2, -0.15) is 11.8 Å². The topological polar surface area (TPSA) is 96.0 Å². The van der Waals surface area contributed by atoms with Crippen molar-refractivity contribution in [1.82, 2.24) is 0 Å². The minimum Gasteiger partial charge on any atom is -0.409 e. The minimum atomic E-state index is -3.14. The smallest absolute Gasteiger partial charge is 0.170 e. The van der Waals surface area contributed by atoms with Gasteiger partial charge >= 0.3 is 0 Å². The largest absolute Gasteiger partial charge is 0.409 e. The molecule has 1 unspecified atom stereocenters. The van der Waals surface area contributed by atoms with E-state index in [0.717, 1.165) is 11.4 Å². The van der Waals surface area contributed by atoms with Gasteiger partial charge in [0.2, 0.25) is 0 Å². The number of thioether (sulfide) groups is 1. The first-order valence-corrected chi connectivity index (χ1v) is 9.15. The number of anilines is 1. The Morgan fingerprint density at radius 1 is 1.45 bits per heavy atom. The van der Waals surface area contributed by atoms with Crippen LogP contribution in [0, 0.1) is 0 Å². The lowest BCUT2D eigenvalue weighted by Gasteiger charge is -2.35. The molecule has 1 atom stereocenters. The van der Waals surface area contributed by atoms with E-state index in [1.54, 1.807) is 36.0 Å². The van der Waals surface area contributed by atoms with Crippen molar-refractivity contribution in [2.45, 2.75) is 5.37 Å². The van der Waals surface area contributed by atoms with Gasteiger partial charge in [0, 0.05) is 35.6 Å². The molecule has 0 aromatic heterocycles.